The van der Waals surface area contributed by atoms with Crippen LogP contribution in [0.3, 0.4) is 0 Å². The zero-order valence-corrected chi connectivity index (χ0v) is 5.65. The van der Waals surface area contributed by atoms with Crippen LogP contribution in [0.2, 0.25) is 0 Å². The summed E-state index contributed by atoms with van der Waals surface area (Å²) in [6.45, 7) is -0.251. The number of ketones is 1. The Hall–Kier alpha value is -0.580. The van der Waals surface area contributed by atoms with Gasteiger partial charge in [0.15, 0.2) is 5.78 Å². The minimum absolute atomic E-state index is 0.0850. The molecule has 0 saturated carbocycles. The third kappa shape index (κ3) is 2.49. The van der Waals surface area contributed by atoms with E-state index in [1.54, 1.807) is 0 Å². The molecule has 0 aromatic carbocycles. The average Bonchev–Trinajstić information content (AvgIpc) is 2.12. The van der Waals surface area contributed by atoms with Gasteiger partial charge in [0.2, 0.25) is 0 Å². The molecule has 1 atom stereocenters. The van der Waals surface area contributed by atoms with Crippen LogP contribution in [-0.2, 0) is 9.53 Å². The first kappa shape index (κ1) is 8.52. The number of hydrogen-bond donors (Lipinski definition) is 0. The van der Waals surface area contributed by atoms with Crippen molar-refractivity contribution in [3.8, 4) is 0 Å². The molecule has 0 aromatic heterocycles. The Morgan fingerprint density at radius 3 is 2.55 bits per heavy atom. The van der Waals surface area contributed by atoms with Crippen molar-refractivity contribution in [3.05, 3.63) is 0 Å². The van der Waals surface area contributed by atoms with Crippen LogP contribution < -0.4 is 0 Å². The van der Waals surface area contributed by atoms with Gasteiger partial charge in [-0.3, -0.25) is 4.79 Å². The Kier molecular flexibility index (Phi) is 2.17. The highest BCUT2D eigenvalue weighted by molar-refractivity contribution is 5.83. The van der Waals surface area contributed by atoms with Crippen molar-refractivity contribution < 1.29 is 22.7 Å². The number of carbonyl (C=O) groups excluding carboxylic acids is 1. The second-order valence-electron chi connectivity index (χ2n) is 2.50. The van der Waals surface area contributed by atoms with E-state index in [0.717, 1.165) is 0 Å². The average molecular weight is 168 g/mol. The van der Waals surface area contributed by atoms with E-state index in [9.17, 15) is 18.0 Å². The minimum Gasteiger partial charge on any atom is -0.373 e. The Balaban J connectivity index is 2.43. The molecule has 2 nitrogen and oxygen atoms in total. The molecular weight excluding hydrogens is 161 g/mol. The van der Waals surface area contributed by atoms with Gasteiger partial charge in [-0.05, 0) is 0 Å². The standard InChI is InChI=1S/C6H7F3O2/c7-6(8,9)1-4-2-11-3-5(4)10/h4H,1-3H2. The largest absolute Gasteiger partial charge is 0.389 e. The van der Waals surface area contributed by atoms with Crippen LogP contribution in [0.4, 0.5) is 13.2 Å². The second-order valence-corrected chi connectivity index (χ2v) is 2.50. The smallest absolute Gasteiger partial charge is 0.373 e. The van der Waals surface area contributed by atoms with Gasteiger partial charge in [0, 0.05) is 0 Å². The summed E-state index contributed by atoms with van der Waals surface area (Å²) in [7, 11) is 0. The molecule has 64 valence electrons. The first-order valence-corrected chi connectivity index (χ1v) is 3.16. The van der Waals surface area contributed by atoms with E-state index in [2.05, 4.69) is 4.74 Å². The summed E-state index contributed by atoms with van der Waals surface area (Å²) in [6.07, 6.45) is -5.31. The maximum Gasteiger partial charge on any atom is 0.389 e. The van der Waals surface area contributed by atoms with E-state index in [0.29, 0.717) is 0 Å². The second kappa shape index (κ2) is 2.81. The van der Waals surface area contributed by atoms with Crippen molar-refractivity contribution in [1.82, 2.24) is 0 Å². The summed E-state index contributed by atoms with van der Waals surface area (Å²) in [5, 5.41) is 0. The summed E-state index contributed by atoms with van der Waals surface area (Å²) in [4.78, 5) is 10.6. The van der Waals surface area contributed by atoms with Gasteiger partial charge in [-0.1, -0.05) is 0 Å². The maximum absolute atomic E-state index is 11.7. The molecule has 1 saturated heterocycles. The number of alkyl halides is 3. The topological polar surface area (TPSA) is 26.3 Å². The molecule has 0 spiro atoms. The van der Waals surface area contributed by atoms with Gasteiger partial charge in [0.05, 0.1) is 18.9 Å². The Bertz CT molecular complexity index is 164. The zero-order valence-electron chi connectivity index (χ0n) is 5.65. The van der Waals surface area contributed by atoms with Gasteiger partial charge in [-0.15, -0.1) is 0 Å². The number of halogens is 3. The summed E-state index contributed by atoms with van der Waals surface area (Å²) in [5.74, 6) is -1.41. The number of hydrogen-bond acceptors (Lipinski definition) is 2. The first-order valence-electron chi connectivity index (χ1n) is 3.16. The van der Waals surface area contributed by atoms with Crippen LogP contribution in [0.25, 0.3) is 0 Å². The molecule has 5 heteroatoms. The molecule has 11 heavy (non-hydrogen) atoms. The van der Waals surface area contributed by atoms with E-state index in [1.807, 2.05) is 0 Å². The van der Waals surface area contributed by atoms with Crippen molar-refractivity contribution in [1.29, 1.82) is 0 Å². The van der Waals surface area contributed by atoms with Crippen molar-refractivity contribution >= 4 is 5.78 Å². The van der Waals surface area contributed by atoms with Crippen LogP contribution in [0, 0.1) is 5.92 Å². The van der Waals surface area contributed by atoms with Gasteiger partial charge in [-0.2, -0.15) is 13.2 Å². The highest BCUT2D eigenvalue weighted by atomic mass is 19.4. The predicted octanol–water partition coefficient (Wildman–Crippen LogP) is 1.15. The van der Waals surface area contributed by atoms with Crippen LogP contribution in [0.15, 0.2) is 0 Å². The highest BCUT2D eigenvalue weighted by Crippen LogP contribution is 2.27. The molecule has 0 bridgehead atoms. The molecule has 1 rings (SSSR count). The lowest BCUT2D eigenvalue weighted by atomic mass is 10.0. The first-order chi connectivity index (χ1) is 4.99. The Morgan fingerprint density at radius 1 is 1.55 bits per heavy atom. The summed E-state index contributed by atoms with van der Waals surface area (Å²) < 4.78 is 39.6. The number of rotatable bonds is 1. The Morgan fingerprint density at radius 2 is 2.18 bits per heavy atom. The van der Waals surface area contributed by atoms with Gasteiger partial charge >= 0.3 is 6.18 Å². The van der Waals surface area contributed by atoms with E-state index >= 15 is 0 Å². The van der Waals surface area contributed by atoms with E-state index in [-0.39, 0.29) is 13.2 Å². The molecular formula is C6H7F3O2. The third-order valence-electron chi connectivity index (χ3n) is 1.50. The van der Waals surface area contributed by atoms with E-state index in [1.165, 1.54) is 0 Å². The van der Waals surface area contributed by atoms with Gasteiger partial charge < -0.3 is 4.74 Å². The SMILES string of the molecule is O=C1COCC1CC(F)(F)F. The lowest BCUT2D eigenvalue weighted by Gasteiger charge is -2.08. The fraction of sp³-hybridized carbons (Fsp3) is 0.833. The molecule has 0 N–H and O–H groups in total. The van der Waals surface area contributed by atoms with Gasteiger partial charge in [0.25, 0.3) is 0 Å². The van der Waals surface area contributed by atoms with Crippen LogP contribution in [-0.4, -0.2) is 25.2 Å². The van der Waals surface area contributed by atoms with Gasteiger partial charge in [0.1, 0.15) is 6.61 Å². The monoisotopic (exact) mass is 168 g/mol. The molecule has 0 amide bonds. The fourth-order valence-electron chi connectivity index (χ4n) is 0.965. The number of Topliss-reactive ketones (excluding diaryl/α,β-unsaturated/α-hetero) is 1. The highest BCUT2D eigenvalue weighted by Gasteiger charge is 2.37. The summed E-state index contributed by atoms with van der Waals surface area (Å²) >= 11 is 0. The molecule has 0 aliphatic carbocycles. The van der Waals surface area contributed by atoms with Crippen LogP contribution in [0.5, 0.6) is 0 Å². The van der Waals surface area contributed by atoms with Crippen LogP contribution >= 0.6 is 0 Å². The van der Waals surface area contributed by atoms with Crippen LogP contribution in [0.1, 0.15) is 6.42 Å². The molecule has 1 aliphatic rings. The van der Waals surface area contributed by atoms with Crippen molar-refractivity contribution in [3.63, 3.8) is 0 Å². The predicted molar refractivity (Wildman–Crippen MR) is 30.0 cm³/mol. The number of ether oxygens (including phenoxy) is 1. The maximum atomic E-state index is 11.7. The van der Waals surface area contributed by atoms with Gasteiger partial charge in [-0.25, -0.2) is 0 Å². The van der Waals surface area contributed by atoms with E-state index in [4.69, 9.17) is 0 Å². The van der Waals surface area contributed by atoms with Crippen molar-refractivity contribution in [2.45, 2.75) is 12.6 Å². The molecule has 0 radical (unpaired) electrons. The zero-order chi connectivity index (χ0) is 8.48. The summed E-state index contributed by atoms with van der Waals surface area (Å²) in [5.41, 5.74) is 0. The van der Waals surface area contributed by atoms with E-state index < -0.39 is 24.3 Å². The normalized spacial score (nSPS) is 26.1. The fourth-order valence-corrected chi connectivity index (χ4v) is 0.965. The third-order valence-corrected chi connectivity index (χ3v) is 1.50. The summed E-state index contributed by atoms with van der Waals surface area (Å²) in [6, 6.07) is 0. The minimum atomic E-state index is -4.26. The van der Waals surface area contributed by atoms with Crippen molar-refractivity contribution in [2.24, 2.45) is 5.92 Å². The molecule has 1 heterocycles. The number of carbonyl (C=O) groups is 1. The molecule has 1 fully saturated rings. The molecule has 0 aromatic rings. The molecule has 1 unspecified atom stereocenters. The lowest BCUT2D eigenvalue weighted by molar-refractivity contribution is -0.150. The quantitative estimate of drug-likeness (QED) is 0.587. The Labute approximate surface area is 61.3 Å². The lowest BCUT2D eigenvalue weighted by Crippen LogP contribution is -2.20. The molecule has 1 aliphatic heterocycles. The van der Waals surface area contributed by atoms with Crippen molar-refractivity contribution in [2.75, 3.05) is 13.2 Å².